The van der Waals surface area contributed by atoms with Crippen molar-refractivity contribution in [3.63, 3.8) is 0 Å². The van der Waals surface area contributed by atoms with Gasteiger partial charge in [0.25, 0.3) is 0 Å². The van der Waals surface area contributed by atoms with E-state index in [-0.39, 0.29) is 11.7 Å². The molecule has 7 nitrogen and oxygen atoms in total. The fraction of sp³-hybridized carbons (Fsp3) is 0.111. The van der Waals surface area contributed by atoms with E-state index in [1.165, 1.54) is 11.8 Å². The van der Waals surface area contributed by atoms with E-state index >= 15 is 0 Å². The zero-order valence-electron chi connectivity index (χ0n) is 13.9. The maximum Gasteiger partial charge on any atom is 0.234 e. The van der Waals surface area contributed by atoms with Crippen molar-refractivity contribution < 1.29 is 9.53 Å². The molecule has 1 amide bonds. The van der Waals surface area contributed by atoms with Gasteiger partial charge >= 0.3 is 0 Å². The summed E-state index contributed by atoms with van der Waals surface area (Å²) in [6.07, 6.45) is 1.65. The second-order valence-electron chi connectivity index (χ2n) is 5.50. The maximum absolute atomic E-state index is 12.3. The molecule has 0 spiro atoms. The second kappa shape index (κ2) is 7.01. The van der Waals surface area contributed by atoms with Gasteiger partial charge in [-0.2, -0.15) is 0 Å². The number of carbonyl (C=O) groups is 1. The van der Waals surface area contributed by atoms with Crippen LogP contribution < -0.4 is 10.1 Å². The molecule has 0 aliphatic rings. The Kier molecular flexibility index (Phi) is 4.40. The molecule has 1 N–H and O–H groups in total. The van der Waals surface area contributed by atoms with E-state index in [1.54, 1.807) is 19.5 Å². The molecule has 130 valence electrons. The number of nitrogens with zero attached hydrogens (tertiary/aromatic N) is 4. The summed E-state index contributed by atoms with van der Waals surface area (Å²) in [5.41, 5.74) is 3.09. The molecule has 2 aromatic carbocycles. The molecular weight excluding hydrogens is 350 g/mol. The summed E-state index contributed by atoms with van der Waals surface area (Å²) in [7, 11) is 1.59. The summed E-state index contributed by atoms with van der Waals surface area (Å²) >= 11 is 1.33. The number of hydrogen-bond donors (Lipinski definition) is 1. The standard InChI is InChI=1S/C18H15N5O2S/c1-25-13-6-4-5-12(9-13)20-16(24)10-26-18-17-22-19-11-23(17)15-8-3-2-7-14(15)21-18/h2-9,11H,10H2,1H3,(H,20,24). The number of fused-ring (bicyclic) bond motifs is 3. The van der Waals surface area contributed by atoms with Gasteiger partial charge in [-0.25, -0.2) is 4.98 Å². The Bertz CT molecular complexity index is 1100. The molecule has 0 atom stereocenters. The Morgan fingerprint density at radius 3 is 3.00 bits per heavy atom. The molecule has 0 saturated carbocycles. The van der Waals surface area contributed by atoms with Gasteiger partial charge in [0.05, 0.1) is 23.9 Å². The van der Waals surface area contributed by atoms with Crippen LogP contribution in [0, 0.1) is 0 Å². The van der Waals surface area contributed by atoms with Crippen molar-refractivity contribution in [2.45, 2.75) is 5.03 Å². The van der Waals surface area contributed by atoms with Crippen LogP contribution in [-0.4, -0.2) is 38.4 Å². The summed E-state index contributed by atoms with van der Waals surface area (Å²) < 4.78 is 7.04. The number of thioether (sulfide) groups is 1. The van der Waals surface area contributed by atoms with Gasteiger partial charge < -0.3 is 10.1 Å². The molecule has 8 heteroatoms. The average Bonchev–Trinajstić information content (AvgIpc) is 3.16. The summed E-state index contributed by atoms with van der Waals surface area (Å²) in [5, 5.41) is 11.6. The molecule has 0 aliphatic heterocycles. The van der Waals surface area contributed by atoms with Gasteiger partial charge in [0.15, 0.2) is 5.65 Å². The van der Waals surface area contributed by atoms with E-state index in [1.807, 2.05) is 46.9 Å². The third kappa shape index (κ3) is 3.18. The Balaban J connectivity index is 1.53. The fourth-order valence-electron chi connectivity index (χ4n) is 2.61. The van der Waals surface area contributed by atoms with Crippen LogP contribution in [0.5, 0.6) is 5.75 Å². The molecule has 0 fully saturated rings. The summed E-state index contributed by atoms with van der Waals surface area (Å²) in [6.45, 7) is 0. The third-order valence-electron chi connectivity index (χ3n) is 3.80. The highest BCUT2D eigenvalue weighted by atomic mass is 32.2. The minimum atomic E-state index is -0.129. The molecule has 2 aromatic heterocycles. The summed E-state index contributed by atoms with van der Waals surface area (Å²) in [6, 6.07) is 15.0. The highest BCUT2D eigenvalue weighted by Gasteiger charge is 2.12. The van der Waals surface area contributed by atoms with Crippen molar-refractivity contribution in [2.24, 2.45) is 0 Å². The minimum absolute atomic E-state index is 0.129. The van der Waals surface area contributed by atoms with Gasteiger partial charge in [0, 0.05) is 11.8 Å². The highest BCUT2D eigenvalue weighted by molar-refractivity contribution is 8.00. The van der Waals surface area contributed by atoms with E-state index in [0.29, 0.717) is 22.1 Å². The lowest BCUT2D eigenvalue weighted by Crippen LogP contribution is -2.14. The van der Waals surface area contributed by atoms with Gasteiger partial charge in [0.1, 0.15) is 17.1 Å². The second-order valence-corrected chi connectivity index (χ2v) is 6.46. The van der Waals surface area contributed by atoms with Crippen LogP contribution in [0.3, 0.4) is 0 Å². The van der Waals surface area contributed by atoms with Crippen molar-refractivity contribution >= 4 is 40.0 Å². The first-order valence-corrected chi connectivity index (χ1v) is 8.88. The van der Waals surface area contributed by atoms with Crippen molar-refractivity contribution in [3.8, 4) is 5.75 Å². The molecule has 4 aromatic rings. The number of rotatable bonds is 5. The Morgan fingerprint density at radius 1 is 1.23 bits per heavy atom. The number of benzene rings is 2. The van der Waals surface area contributed by atoms with Gasteiger partial charge in [-0.3, -0.25) is 9.20 Å². The topological polar surface area (TPSA) is 81.4 Å². The number of anilines is 1. The normalized spacial score (nSPS) is 11.0. The Labute approximate surface area is 153 Å². The highest BCUT2D eigenvalue weighted by Crippen LogP contribution is 2.25. The zero-order chi connectivity index (χ0) is 17.9. The summed E-state index contributed by atoms with van der Waals surface area (Å²) in [4.78, 5) is 16.9. The quantitative estimate of drug-likeness (QED) is 0.548. The van der Waals surface area contributed by atoms with Crippen LogP contribution in [0.2, 0.25) is 0 Å². The largest absolute Gasteiger partial charge is 0.497 e. The number of aromatic nitrogens is 4. The molecule has 0 radical (unpaired) electrons. The van der Waals surface area contributed by atoms with Crippen molar-refractivity contribution in [1.82, 2.24) is 19.6 Å². The van der Waals surface area contributed by atoms with Crippen LogP contribution in [0.15, 0.2) is 59.9 Å². The molecule has 2 heterocycles. The van der Waals surface area contributed by atoms with Gasteiger partial charge in [0.2, 0.25) is 5.91 Å². The number of ether oxygens (including phenoxy) is 1. The number of amides is 1. The minimum Gasteiger partial charge on any atom is -0.497 e. The maximum atomic E-state index is 12.3. The lowest BCUT2D eigenvalue weighted by Gasteiger charge is -2.08. The lowest BCUT2D eigenvalue weighted by molar-refractivity contribution is -0.113. The van der Waals surface area contributed by atoms with E-state index in [0.717, 1.165) is 11.0 Å². The van der Waals surface area contributed by atoms with Crippen LogP contribution in [0.1, 0.15) is 0 Å². The van der Waals surface area contributed by atoms with Gasteiger partial charge in [-0.05, 0) is 24.3 Å². The lowest BCUT2D eigenvalue weighted by atomic mass is 10.3. The zero-order valence-corrected chi connectivity index (χ0v) is 14.7. The van der Waals surface area contributed by atoms with Crippen LogP contribution in [0.4, 0.5) is 5.69 Å². The first-order valence-electron chi connectivity index (χ1n) is 7.90. The molecule has 0 saturated heterocycles. The third-order valence-corrected chi connectivity index (χ3v) is 4.75. The van der Waals surface area contributed by atoms with E-state index in [4.69, 9.17) is 4.74 Å². The first-order chi connectivity index (χ1) is 12.7. The molecule has 26 heavy (non-hydrogen) atoms. The Hall–Kier alpha value is -3.13. The van der Waals surface area contributed by atoms with Crippen molar-refractivity contribution in [1.29, 1.82) is 0 Å². The number of para-hydroxylation sites is 2. The monoisotopic (exact) mass is 365 g/mol. The summed E-state index contributed by atoms with van der Waals surface area (Å²) in [5.74, 6) is 0.776. The van der Waals surface area contributed by atoms with Crippen LogP contribution in [-0.2, 0) is 4.79 Å². The molecular formula is C18H15N5O2S. The predicted octanol–water partition coefficient (Wildman–Crippen LogP) is 3.02. The fourth-order valence-corrected chi connectivity index (χ4v) is 3.38. The van der Waals surface area contributed by atoms with E-state index in [2.05, 4.69) is 20.5 Å². The molecule has 0 unspecified atom stereocenters. The number of nitrogens with one attached hydrogen (secondary N) is 1. The Morgan fingerprint density at radius 2 is 2.12 bits per heavy atom. The van der Waals surface area contributed by atoms with E-state index < -0.39 is 0 Å². The average molecular weight is 365 g/mol. The number of methoxy groups -OCH3 is 1. The van der Waals surface area contributed by atoms with Crippen LogP contribution in [0.25, 0.3) is 16.7 Å². The molecule has 0 bridgehead atoms. The molecule has 4 rings (SSSR count). The van der Waals surface area contributed by atoms with Gasteiger partial charge in [-0.15, -0.1) is 10.2 Å². The van der Waals surface area contributed by atoms with Gasteiger partial charge in [-0.1, -0.05) is 30.0 Å². The SMILES string of the molecule is COc1cccc(NC(=O)CSc2nc3ccccc3n3cnnc23)c1. The van der Waals surface area contributed by atoms with Crippen molar-refractivity contribution in [2.75, 3.05) is 18.2 Å². The molecule has 0 aliphatic carbocycles. The van der Waals surface area contributed by atoms with E-state index in [9.17, 15) is 4.79 Å². The van der Waals surface area contributed by atoms with Crippen LogP contribution >= 0.6 is 11.8 Å². The first kappa shape index (κ1) is 16.3. The number of hydrogen-bond acceptors (Lipinski definition) is 6. The van der Waals surface area contributed by atoms with Crippen molar-refractivity contribution in [3.05, 3.63) is 54.9 Å². The predicted molar refractivity (Wildman–Crippen MR) is 101 cm³/mol. The number of carbonyl (C=O) groups excluding carboxylic acids is 1. The smallest absolute Gasteiger partial charge is 0.234 e.